The number of ether oxygens (including phenoxy) is 2. The summed E-state index contributed by atoms with van der Waals surface area (Å²) in [7, 11) is 3.29. The van der Waals surface area contributed by atoms with Gasteiger partial charge < -0.3 is 50.8 Å². The van der Waals surface area contributed by atoms with Gasteiger partial charge in [0, 0.05) is 63.1 Å². The molecule has 5 aliphatic heterocycles. The third-order valence-electron chi connectivity index (χ3n) is 15.7. The second-order valence-corrected chi connectivity index (χ2v) is 21.9. The molecule has 5 N–H and O–H groups in total. The third-order valence-corrected chi connectivity index (χ3v) is 16.8. The number of likely N-dealkylation sites (N-methyl/N-ethyl adjacent to an activating group) is 1. The number of carbonyl (C=O) groups excluding carboxylic acids is 6. The lowest BCUT2D eigenvalue weighted by molar-refractivity contribution is -0.140. The maximum absolute atomic E-state index is 14.8. The zero-order valence-corrected chi connectivity index (χ0v) is 46.5. The molecule has 2 bridgehead atoms. The van der Waals surface area contributed by atoms with Gasteiger partial charge in [0.1, 0.15) is 29.8 Å². The molecule has 0 spiro atoms. The van der Waals surface area contributed by atoms with Crippen molar-refractivity contribution < 1.29 is 47.0 Å². The van der Waals surface area contributed by atoms with Crippen molar-refractivity contribution in [2.24, 2.45) is 10.9 Å². The lowest BCUT2D eigenvalue weighted by Gasteiger charge is -2.38. The van der Waals surface area contributed by atoms with Crippen molar-refractivity contribution in [3.05, 3.63) is 88.4 Å². The molecule has 9 rings (SSSR count). The van der Waals surface area contributed by atoms with E-state index in [0.717, 1.165) is 12.8 Å². The number of nitrogen functional groups attached to an aromatic ring is 1. The average Bonchev–Trinajstić information content (AvgIpc) is 4.43. The molecule has 25 heteroatoms. The van der Waals surface area contributed by atoms with Crippen LogP contribution in [0.1, 0.15) is 102 Å². The third kappa shape index (κ3) is 13.4. The number of rotatable bonds is 20. The van der Waals surface area contributed by atoms with Gasteiger partial charge in [-0.05, 0) is 106 Å². The van der Waals surface area contributed by atoms with Crippen molar-refractivity contribution in [1.82, 2.24) is 50.4 Å². The van der Waals surface area contributed by atoms with E-state index in [1.807, 2.05) is 4.90 Å². The largest absolute Gasteiger partial charge is 0.381 e. The molecule has 1 unspecified atom stereocenters. The molecular formula is C56H68F2N14O8S. The number of hydrogen-bond acceptors (Lipinski definition) is 17. The maximum atomic E-state index is 14.8. The first-order valence-electron chi connectivity index (χ1n) is 27.6. The van der Waals surface area contributed by atoms with Crippen LogP contribution in [0, 0.1) is 28.9 Å². The van der Waals surface area contributed by atoms with E-state index in [1.54, 1.807) is 35.5 Å². The first kappa shape index (κ1) is 58.3. The number of nitrogens with zero attached hydrogens (tertiary/aromatic N) is 10. The van der Waals surface area contributed by atoms with Gasteiger partial charge in [-0.3, -0.25) is 38.4 Å². The Morgan fingerprint density at radius 3 is 2.38 bits per heavy atom. The van der Waals surface area contributed by atoms with Crippen molar-refractivity contribution in [3.63, 3.8) is 0 Å². The number of piperidine rings is 1. The molecule has 5 atom stereocenters. The van der Waals surface area contributed by atoms with Crippen LogP contribution in [0.2, 0.25) is 0 Å². The normalized spacial score (nSPS) is 19.8. The molecule has 7 heterocycles. The van der Waals surface area contributed by atoms with E-state index in [2.05, 4.69) is 32.1 Å². The fourth-order valence-electron chi connectivity index (χ4n) is 11.2. The maximum Gasteiger partial charge on any atom is 0.254 e. The molecule has 2 aromatic heterocycles. The van der Waals surface area contributed by atoms with Gasteiger partial charge in [-0.25, -0.2) is 18.7 Å². The molecule has 430 valence electrons. The van der Waals surface area contributed by atoms with E-state index in [9.17, 15) is 42.8 Å². The van der Waals surface area contributed by atoms with Crippen LogP contribution in [0.3, 0.4) is 0 Å². The Bertz CT molecular complexity index is 3080. The molecular weight excluding hydrogens is 1070 g/mol. The van der Waals surface area contributed by atoms with Gasteiger partial charge in [-0.1, -0.05) is 0 Å². The minimum Gasteiger partial charge on any atom is -0.381 e. The highest BCUT2D eigenvalue weighted by molar-refractivity contribution is 8.14. The quantitative estimate of drug-likeness (QED) is 0.0726. The van der Waals surface area contributed by atoms with Crippen LogP contribution in [-0.2, 0) is 41.7 Å². The van der Waals surface area contributed by atoms with Crippen LogP contribution >= 0.6 is 11.8 Å². The number of Topliss-reactive ketones (excluding diaryl/α,β-unsaturated/α-hetero) is 1. The monoisotopic (exact) mass is 1130 g/mol. The number of amides is 5. The van der Waals surface area contributed by atoms with Gasteiger partial charge in [0.2, 0.25) is 23.6 Å². The summed E-state index contributed by atoms with van der Waals surface area (Å²) in [4.78, 5) is 102. The fraction of sp³-hybridized carbons (Fsp3) is 0.518. The van der Waals surface area contributed by atoms with Crippen LogP contribution in [0.25, 0.3) is 11.3 Å². The minimum absolute atomic E-state index is 0.00396. The molecule has 3 saturated heterocycles. The van der Waals surface area contributed by atoms with Crippen molar-refractivity contribution in [3.8, 4) is 17.3 Å². The Kier molecular flexibility index (Phi) is 19.0. The van der Waals surface area contributed by atoms with E-state index in [-0.39, 0.29) is 124 Å². The Hall–Kier alpha value is -7.40. The van der Waals surface area contributed by atoms with E-state index in [0.29, 0.717) is 102 Å². The van der Waals surface area contributed by atoms with Crippen molar-refractivity contribution in [1.29, 1.82) is 5.26 Å². The van der Waals surface area contributed by atoms with E-state index in [1.165, 1.54) is 65.3 Å². The second kappa shape index (κ2) is 26.5. The average molecular weight is 1140 g/mol. The summed E-state index contributed by atoms with van der Waals surface area (Å²) in [5.74, 6) is -1.65. The summed E-state index contributed by atoms with van der Waals surface area (Å²) in [6.07, 6.45) is 5.44. The predicted molar refractivity (Wildman–Crippen MR) is 297 cm³/mol. The summed E-state index contributed by atoms with van der Waals surface area (Å²) in [6.45, 7) is 4.47. The Labute approximate surface area is 472 Å². The number of benzene rings is 2. The van der Waals surface area contributed by atoms with E-state index >= 15 is 0 Å². The number of nitriles is 1. The number of hydrogen-bond donors (Lipinski definition) is 4. The summed E-state index contributed by atoms with van der Waals surface area (Å²) in [6, 6.07) is 8.95. The number of likely N-dealkylation sites (tertiary alicyclic amines) is 2. The number of nitrogens with one attached hydrogen (secondary N) is 3. The standard InChI is InChI=1S/C56H68F2N14O8S/c1-33(61-2)53(76)66-49(56(78)71-20-5-7-44(71)54-65-42(32-81-54)50(75)35-8-10-36(57)11-9-35)34-14-21-69(22-15-34)47(74)17-25-80-27-26-79-24-16-46(73)62-18-23-72-45-31-68(3)55(77)38-13-12-37(58)28-39(38)43-6-4-19-70(43)52-51(60)63-30-41(64-52)48(45)40(29-59)67-72/h8-13,28,30,33-34,42-44,49,61H,4-7,14-27,31-32H2,1-3H3,(H2,60,63)(H,62,73)(H,66,76)/t33-,42?,43-,44-,49-/m1/s1. The Balaban J connectivity index is 0.711. The number of halogens is 2. The summed E-state index contributed by atoms with van der Waals surface area (Å²) >= 11 is 1.45. The number of fused-ring (bicyclic) bond motifs is 8. The predicted octanol–water partition coefficient (Wildman–Crippen LogP) is 3.65. The molecule has 22 nitrogen and oxygen atoms in total. The Morgan fingerprint density at radius 1 is 0.926 bits per heavy atom. The molecule has 3 fully saturated rings. The number of aromatic nitrogens is 4. The zero-order chi connectivity index (χ0) is 57.3. The SMILES string of the molecule is CN[C@H](C)C(=O)N[C@@H](C(=O)N1CCC[C@@H]1C1=NC(C(=O)c2ccc(F)cc2)CS1)C1CCN(C(=O)CCOCCOCCC(=O)NCCn2nc(C#N)c3c2CN(C)C(=O)c2ccc(F)cc2[C@H]2CCCN2c2nc-3cnc2N)CC1. The van der Waals surface area contributed by atoms with Crippen molar-refractivity contribution in [2.45, 2.75) is 102 Å². The van der Waals surface area contributed by atoms with Gasteiger partial charge >= 0.3 is 0 Å². The molecule has 0 radical (unpaired) electrons. The number of aliphatic imine (C=N–C) groups is 1. The molecule has 2 aromatic carbocycles. The first-order chi connectivity index (χ1) is 39.1. The van der Waals surface area contributed by atoms with Gasteiger partial charge in [-0.2, -0.15) is 10.4 Å². The highest BCUT2D eigenvalue weighted by Crippen LogP contribution is 2.41. The molecule has 81 heavy (non-hydrogen) atoms. The molecule has 5 amide bonds. The topological polar surface area (TPSA) is 276 Å². The van der Waals surface area contributed by atoms with E-state index < -0.39 is 29.8 Å². The number of thioether (sulfide) groups is 1. The molecule has 5 aliphatic rings. The van der Waals surface area contributed by atoms with Crippen LogP contribution in [0.5, 0.6) is 0 Å². The molecule has 0 saturated carbocycles. The van der Waals surface area contributed by atoms with Crippen LogP contribution in [0.15, 0.2) is 53.7 Å². The van der Waals surface area contributed by atoms with Gasteiger partial charge in [0.15, 0.2) is 23.1 Å². The molecule has 4 aromatic rings. The summed E-state index contributed by atoms with van der Waals surface area (Å²) in [5, 5.41) is 24.4. The minimum atomic E-state index is -0.827. The van der Waals surface area contributed by atoms with Crippen molar-refractivity contribution >= 4 is 63.8 Å². The second-order valence-electron chi connectivity index (χ2n) is 20.9. The summed E-state index contributed by atoms with van der Waals surface area (Å²) < 4.78 is 41.2. The van der Waals surface area contributed by atoms with Crippen LogP contribution < -0.4 is 26.6 Å². The van der Waals surface area contributed by atoms with Gasteiger partial charge in [0.25, 0.3) is 5.91 Å². The lowest BCUT2D eigenvalue weighted by Crippen LogP contribution is -2.58. The number of anilines is 2. The first-order valence-corrected chi connectivity index (χ1v) is 28.5. The smallest absolute Gasteiger partial charge is 0.254 e. The van der Waals surface area contributed by atoms with Crippen LogP contribution in [-0.4, -0.2) is 178 Å². The van der Waals surface area contributed by atoms with Gasteiger partial charge in [-0.15, -0.1) is 11.8 Å². The number of nitrogens with two attached hydrogens (primary N) is 1. The van der Waals surface area contributed by atoms with Crippen LogP contribution in [0.4, 0.5) is 20.4 Å². The summed E-state index contributed by atoms with van der Waals surface area (Å²) in [5.41, 5.74) is 8.88. The Morgan fingerprint density at radius 2 is 1.64 bits per heavy atom. The zero-order valence-electron chi connectivity index (χ0n) is 45.7. The number of ketones is 1. The van der Waals surface area contributed by atoms with Gasteiger partial charge in [0.05, 0.1) is 92.3 Å². The fourth-order valence-corrected chi connectivity index (χ4v) is 12.4. The van der Waals surface area contributed by atoms with Crippen molar-refractivity contribution in [2.75, 3.05) is 89.6 Å². The lowest BCUT2D eigenvalue weighted by atomic mass is 9.88. The highest BCUT2D eigenvalue weighted by Gasteiger charge is 2.43. The van der Waals surface area contributed by atoms with E-state index in [4.69, 9.17) is 25.2 Å². The highest BCUT2D eigenvalue weighted by atomic mass is 32.2. The molecule has 0 aliphatic carbocycles. The number of carbonyl (C=O) groups is 6.